The van der Waals surface area contributed by atoms with Gasteiger partial charge in [-0.3, -0.25) is 19.8 Å². The van der Waals surface area contributed by atoms with E-state index in [9.17, 15) is 19.2 Å². The summed E-state index contributed by atoms with van der Waals surface area (Å²) in [5.41, 5.74) is 2.70. The highest BCUT2D eigenvalue weighted by atomic mass is 16.5. The molecule has 0 spiro atoms. The molecule has 0 atom stereocenters. The fourth-order valence-electron chi connectivity index (χ4n) is 1.67. The molecule has 1 amide bonds. The Kier molecular flexibility index (Phi) is 6.13. The molecule has 0 unspecified atom stereocenters. The molecule has 0 aliphatic carbocycles. The van der Waals surface area contributed by atoms with Gasteiger partial charge in [-0.1, -0.05) is 6.07 Å². The summed E-state index contributed by atoms with van der Waals surface area (Å²) < 4.78 is 4.64. The maximum Gasteiger partial charge on any atom is 0.340 e. The van der Waals surface area contributed by atoms with Crippen LogP contribution in [-0.4, -0.2) is 43.3 Å². The molecule has 122 valence electrons. The number of carbonyl (C=O) groups excluding carboxylic acids is 4. The van der Waals surface area contributed by atoms with Gasteiger partial charge in [0.25, 0.3) is 5.91 Å². The normalized spacial score (nSPS) is 10.7. The number of amides is 1. The summed E-state index contributed by atoms with van der Waals surface area (Å²) in [6.45, 7) is 2.55. The molecule has 0 heterocycles. The number of benzene rings is 1. The molecule has 23 heavy (non-hydrogen) atoms. The van der Waals surface area contributed by atoms with E-state index < -0.39 is 17.7 Å². The van der Waals surface area contributed by atoms with Crippen LogP contribution in [0.25, 0.3) is 0 Å². The lowest BCUT2D eigenvalue weighted by atomic mass is 10.1. The van der Waals surface area contributed by atoms with Crippen molar-refractivity contribution in [3.05, 3.63) is 29.3 Å². The quantitative estimate of drug-likeness (QED) is 0.263. The maximum atomic E-state index is 11.7. The highest BCUT2D eigenvalue weighted by Gasteiger charge is 2.17. The first-order valence-corrected chi connectivity index (χ1v) is 6.61. The van der Waals surface area contributed by atoms with Crippen molar-refractivity contribution in [2.24, 2.45) is 5.10 Å². The van der Waals surface area contributed by atoms with Crippen molar-refractivity contribution in [1.82, 2.24) is 5.32 Å². The standard InChI is InChI=1S/C15H17N3O5/c1-8(19)10-5-6-11(15(22)23-4)12(7-10)17-18-13(9(2)20)14(21)16-3/h5-7,17H,1-4H3,(H,16,21)/b18-13+. The molecule has 0 bridgehead atoms. The third kappa shape index (κ3) is 4.47. The number of hydrogen-bond acceptors (Lipinski definition) is 7. The van der Waals surface area contributed by atoms with Gasteiger partial charge in [-0.2, -0.15) is 5.10 Å². The van der Waals surface area contributed by atoms with E-state index in [1.54, 1.807) is 0 Å². The van der Waals surface area contributed by atoms with Gasteiger partial charge in [-0.15, -0.1) is 0 Å². The summed E-state index contributed by atoms with van der Waals surface area (Å²) >= 11 is 0. The van der Waals surface area contributed by atoms with Crippen molar-refractivity contribution >= 4 is 34.8 Å². The van der Waals surface area contributed by atoms with Crippen LogP contribution in [0.4, 0.5) is 5.69 Å². The van der Waals surface area contributed by atoms with Crippen molar-refractivity contribution in [2.75, 3.05) is 19.6 Å². The predicted octanol–water partition coefficient (Wildman–Crippen LogP) is 0.779. The fraction of sp³-hybridized carbons (Fsp3) is 0.267. The molecule has 0 aliphatic heterocycles. The number of hydrogen-bond donors (Lipinski definition) is 2. The van der Waals surface area contributed by atoms with E-state index in [1.165, 1.54) is 46.2 Å². The third-order valence-electron chi connectivity index (χ3n) is 2.90. The van der Waals surface area contributed by atoms with E-state index in [0.29, 0.717) is 5.56 Å². The number of esters is 1. The van der Waals surface area contributed by atoms with Gasteiger partial charge in [0, 0.05) is 19.5 Å². The number of ketones is 2. The number of hydrazone groups is 1. The van der Waals surface area contributed by atoms with Crippen LogP contribution in [0.1, 0.15) is 34.6 Å². The molecule has 1 aromatic carbocycles. The highest BCUT2D eigenvalue weighted by Crippen LogP contribution is 2.19. The van der Waals surface area contributed by atoms with Gasteiger partial charge < -0.3 is 10.1 Å². The van der Waals surface area contributed by atoms with E-state index in [1.807, 2.05) is 0 Å². The van der Waals surface area contributed by atoms with Gasteiger partial charge in [0.15, 0.2) is 17.3 Å². The Balaban J connectivity index is 3.30. The summed E-state index contributed by atoms with van der Waals surface area (Å²) in [6.07, 6.45) is 0. The van der Waals surface area contributed by atoms with Crippen LogP contribution >= 0.6 is 0 Å². The fourth-order valence-corrected chi connectivity index (χ4v) is 1.67. The van der Waals surface area contributed by atoms with Crippen LogP contribution < -0.4 is 10.7 Å². The smallest absolute Gasteiger partial charge is 0.340 e. The predicted molar refractivity (Wildman–Crippen MR) is 83.6 cm³/mol. The monoisotopic (exact) mass is 319 g/mol. The largest absolute Gasteiger partial charge is 0.465 e. The van der Waals surface area contributed by atoms with Gasteiger partial charge in [-0.05, 0) is 19.1 Å². The maximum absolute atomic E-state index is 11.7. The number of methoxy groups -OCH3 is 1. The Morgan fingerprint density at radius 2 is 1.78 bits per heavy atom. The second-order valence-corrected chi connectivity index (χ2v) is 4.52. The van der Waals surface area contributed by atoms with Crippen LogP contribution in [0, 0.1) is 0 Å². The number of ether oxygens (including phenoxy) is 1. The zero-order valence-corrected chi connectivity index (χ0v) is 13.2. The van der Waals surface area contributed by atoms with E-state index in [-0.39, 0.29) is 22.7 Å². The van der Waals surface area contributed by atoms with Crippen LogP contribution in [0.2, 0.25) is 0 Å². The Bertz CT molecular complexity index is 694. The van der Waals surface area contributed by atoms with E-state index in [2.05, 4.69) is 20.6 Å². The summed E-state index contributed by atoms with van der Waals surface area (Å²) in [6, 6.07) is 4.25. The third-order valence-corrected chi connectivity index (χ3v) is 2.90. The molecule has 0 aromatic heterocycles. The number of Topliss-reactive ketones (excluding diaryl/α,β-unsaturated/α-hetero) is 2. The molecule has 1 rings (SSSR count). The lowest BCUT2D eigenvalue weighted by Crippen LogP contribution is -2.33. The SMILES string of the molecule is CNC(=O)/C(=N/Nc1cc(C(C)=O)ccc1C(=O)OC)C(C)=O. The van der Waals surface area contributed by atoms with Crippen LogP contribution in [0.5, 0.6) is 0 Å². The average molecular weight is 319 g/mol. The first-order chi connectivity index (χ1) is 10.8. The topological polar surface area (TPSA) is 114 Å². The van der Waals surface area contributed by atoms with E-state index >= 15 is 0 Å². The van der Waals surface area contributed by atoms with Crippen LogP contribution in [0.15, 0.2) is 23.3 Å². The molecule has 0 fully saturated rings. The number of carbonyl (C=O) groups is 4. The Morgan fingerprint density at radius 3 is 2.26 bits per heavy atom. The molecule has 2 N–H and O–H groups in total. The molecular weight excluding hydrogens is 302 g/mol. The first kappa shape index (κ1) is 18.0. The number of nitrogens with one attached hydrogen (secondary N) is 2. The summed E-state index contributed by atoms with van der Waals surface area (Å²) in [4.78, 5) is 46.2. The Labute approximate surface area is 132 Å². The van der Waals surface area contributed by atoms with Gasteiger partial charge >= 0.3 is 5.97 Å². The van der Waals surface area contributed by atoms with E-state index in [0.717, 1.165) is 0 Å². The minimum atomic E-state index is -0.674. The van der Waals surface area contributed by atoms with Gasteiger partial charge in [-0.25, -0.2) is 4.79 Å². The molecular formula is C15H17N3O5. The van der Waals surface area contributed by atoms with Crippen molar-refractivity contribution < 1.29 is 23.9 Å². The number of anilines is 1. The molecule has 0 aliphatic rings. The summed E-state index contributed by atoms with van der Waals surface area (Å²) in [7, 11) is 2.57. The van der Waals surface area contributed by atoms with Crippen molar-refractivity contribution in [3.8, 4) is 0 Å². The Morgan fingerprint density at radius 1 is 1.13 bits per heavy atom. The van der Waals surface area contributed by atoms with Crippen molar-refractivity contribution in [2.45, 2.75) is 13.8 Å². The molecule has 0 saturated carbocycles. The number of rotatable bonds is 6. The van der Waals surface area contributed by atoms with E-state index in [4.69, 9.17) is 0 Å². The van der Waals surface area contributed by atoms with Gasteiger partial charge in [0.05, 0.1) is 18.4 Å². The van der Waals surface area contributed by atoms with Crippen molar-refractivity contribution in [1.29, 1.82) is 0 Å². The Hall–Kier alpha value is -3.03. The lowest BCUT2D eigenvalue weighted by molar-refractivity contribution is -0.117. The second-order valence-electron chi connectivity index (χ2n) is 4.52. The second kappa shape index (κ2) is 7.83. The zero-order chi connectivity index (χ0) is 17.6. The summed E-state index contributed by atoms with van der Waals surface area (Å²) in [5.74, 6) is -2.10. The minimum Gasteiger partial charge on any atom is -0.465 e. The molecule has 8 heteroatoms. The lowest BCUT2D eigenvalue weighted by Gasteiger charge is -2.09. The minimum absolute atomic E-state index is 0.112. The molecule has 1 aromatic rings. The van der Waals surface area contributed by atoms with Crippen LogP contribution in [0.3, 0.4) is 0 Å². The van der Waals surface area contributed by atoms with Crippen molar-refractivity contribution in [3.63, 3.8) is 0 Å². The van der Waals surface area contributed by atoms with Crippen LogP contribution in [-0.2, 0) is 14.3 Å². The average Bonchev–Trinajstić information content (AvgIpc) is 2.53. The molecule has 0 saturated heterocycles. The molecule has 8 nitrogen and oxygen atoms in total. The highest BCUT2D eigenvalue weighted by molar-refractivity contribution is 6.65. The summed E-state index contributed by atoms with van der Waals surface area (Å²) in [5, 5.41) is 6.01. The van der Waals surface area contributed by atoms with Gasteiger partial charge in [0.2, 0.25) is 0 Å². The zero-order valence-electron chi connectivity index (χ0n) is 13.2. The first-order valence-electron chi connectivity index (χ1n) is 6.61. The van der Waals surface area contributed by atoms with Gasteiger partial charge in [0.1, 0.15) is 0 Å². The molecule has 0 radical (unpaired) electrons. The number of nitrogens with zero attached hydrogens (tertiary/aromatic N) is 1.